The number of nitrogens with zero attached hydrogens (tertiary/aromatic N) is 4. The molecule has 0 spiro atoms. The van der Waals surface area contributed by atoms with Crippen molar-refractivity contribution < 1.29 is 28.2 Å². The number of ether oxygens (including phenoxy) is 3. The van der Waals surface area contributed by atoms with Gasteiger partial charge in [0.1, 0.15) is 33.4 Å². The second kappa shape index (κ2) is 13.3. The third-order valence-electron chi connectivity index (χ3n) is 7.29. The molecule has 0 saturated carbocycles. The Morgan fingerprint density at radius 1 is 1.21 bits per heavy atom. The highest BCUT2D eigenvalue weighted by atomic mass is 32.1. The first-order valence-electron chi connectivity index (χ1n) is 13.7. The van der Waals surface area contributed by atoms with Crippen molar-refractivity contribution in [3.05, 3.63) is 60.9 Å². The van der Waals surface area contributed by atoms with Crippen LogP contribution in [0.1, 0.15) is 66.1 Å². The first-order chi connectivity index (χ1) is 20.1. The van der Waals surface area contributed by atoms with Crippen molar-refractivity contribution in [1.82, 2.24) is 14.0 Å². The molecule has 224 valence electrons. The van der Waals surface area contributed by atoms with Crippen LogP contribution in [0, 0.1) is 24.1 Å². The molecule has 11 nitrogen and oxygen atoms in total. The summed E-state index contributed by atoms with van der Waals surface area (Å²) in [5, 5.41) is 9.19. The van der Waals surface area contributed by atoms with Crippen molar-refractivity contribution in [2.75, 3.05) is 33.4 Å². The van der Waals surface area contributed by atoms with Crippen molar-refractivity contribution in [3.8, 4) is 11.8 Å². The van der Waals surface area contributed by atoms with Gasteiger partial charge in [-0.15, -0.1) is 11.3 Å². The van der Waals surface area contributed by atoms with E-state index in [2.05, 4.69) is 0 Å². The van der Waals surface area contributed by atoms with Gasteiger partial charge in [-0.2, -0.15) is 5.26 Å². The molecule has 1 amide bonds. The molecule has 0 bridgehead atoms. The molecule has 2 aromatic heterocycles. The van der Waals surface area contributed by atoms with Crippen LogP contribution in [0.15, 0.2) is 27.8 Å². The normalized spacial score (nSPS) is 14.5. The molecule has 1 saturated heterocycles. The van der Waals surface area contributed by atoms with Gasteiger partial charge in [-0.05, 0) is 57.4 Å². The molecule has 0 aliphatic carbocycles. The van der Waals surface area contributed by atoms with E-state index in [1.165, 1.54) is 36.8 Å². The highest BCUT2D eigenvalue weighted by molar-refractivity contribution is 7.20. The van der Waals surface area contributed by atoms with Gasteiger partial charge in [-0.1, -0.05) is 0 Å². The van der Waals surface area contributed by atoms with Crippen molar-refractivity contribution in [2.24, 2.45) is 0 Å². The number of esters is 1. The fourth-order valence-corrected chi connectivity index (χ4v) is 6.38. The quantitative estimate of drug-likeness (QED) is 0.240. The van der Waals surface area contributed by atoms with Gasteiger partial charge in [-0.25, -0.2) is 18.5 Å². The van der Waals surface area contributed by atoms with E-state index in [4.69, 9.17) is 19.5 Å². The van der Waals surface area contributed by atoms with Crippen LogP contribution in [0.25, 0.3) is 10.2 Å². The summed E-state index contributed by atoms with van der Waals surface area (Å²) in [5.74, 6) is -1.27. The number of fused-ring (bicyclic) bond motifs is 1. The number of methoxy groups -OCH3 is 1. The number of carbonyl (C=O) groups excluding carboxylic acids is 2. The summed E-state index contributed by atoms with van der Waals surface area (Å²) in [7, 11) is 1.41. The van der Waals surface area contributed by atoms with Crippen molar-refractivity contribution in [1.29, 1.82) is 5.26 Å². The van der Waals surface area contributed by atoms with Gasteiger partial charge >= 0.3 is 11.7 Å². The fraction of sp³-hybridized carbons (Fsp3) is 0.483. The lowest BCUT2D eigenvalue weighted by molar-refractivity contribution is -0.133. The third kappa shape index (κ3) is 5.96. The predicted octanol–water partition coefficient (Wildman–Crippen LogP) is 3.71. The third-order valence-corrected chi connectivity index (χ3v) is 8.58. The molecule has 0 radical (unpaired) electrons. The molecule has 1 aliphatic rings. The molecule has 3 heterocycles. The number of benzene rings is 1. The number of amides is 1. The Morgan fingerprint density at radius 3 is 2.57 bits per heavy atom. The zero-order chi connectivity index (χ0) is 30.6. The molecule has 2 atom stereocenters. The second-order valence-corrected chi connectivity index (χ2v) is 10.9. The minimum absolute atomic E-state index is 0.0280. The monoisotopic (exact) mass is 600 g/mol. The number of nitriles is 1. The van der Waals surface area contributed by atoms with Crippen LogP contribution < -0.4 is 16.0 Å². The maximum atomic E-state index is 14.4. The summed E-state index contributed by atoms with van der Waals surface area (Å²) in [4.78, 5) is 56.1. The van der Waals surface area contributed by atoms with Crippen LogP contribution in [0.5, 0.6) is 5.75 Å². The van der Waals surface area contributed by atoms with E-state index in [1.54, 1.807) is 18.7 Å². The van der Waals surface area contributed by atoms with E-state index >= 15 is 0 Å². The SMILES string of the molecule is CCOC(=O)c1sc2c(c1C)c(=O)n([C@@H](C)C(=O)N1CCCC1)c(=O)n2C[C@H](OCCC#N)c1cc(F)ccc1OC. The molecule has 13 heteroatoms. The van der Waals surface area contributed by atoms with Gasteiger partial charge in [-0.3, -0.25) is 14.2 Å². The molecule has 1 aromatic carbocycles. The maximum Gasteiger partial charge on any atom is 0.348 e. The number of likely N-dealkylation sites (tertiary alicyclic amines) is 1. The minimum atomic E-state index is -1.12. The van der Waals surface area contributed by atoms with Gasteiger partial charge in [0.25, 0.3) is 5.56 Å². The first-order valence-corrected chi connectivity index (χ1v) is 14.5. The Labute approximate surface area is 245 Å². The summed E-state index contributed by atoms with van der Waals surface area (Å²) in [6.07, 6.45) is 0.708. The molecular formula is C29H33FN4O7S. The first kappa shape index (κ1) is 30.9. The van der Waals surface area contributed by atoms with Gasteiger partial charge in [0.15, 0.2) is 0 Å². The number of halogens is 1. The molecule has 0 unspecified atom stereocenters. The van der Waals surface area contributed by atoms with Crippen LogP contribution in [0.4, 0.5) is 4.39 Å². The Balaban J connectivity index is 1.96. The molecular weight excluding hydrogens is 567 g/mol. The molecule has 0 N–H and O–H groups in total. The van der Waals surface area contributed by atoms with E-state index in [0.29, 0.717) is 24.4 Å². The number of thiophene rings is 1. The molecule has 1 fully saturated rings. The Bertz CT molecular complexity index is 1650. The molecule has 1 aliphatic heterocycles. The van der Waals surface area contributed by atoms with Crippen LogP contribution in [-0.4, -0.2) is 59.3 Å². The topological polar surface area (TPSA) is 133 Å². The Kier molecular flexibility index (Phi) is 9.80. The Hall–Kier alpha value is -4.02. The van der Waals surface area contributed by atoms with Crippen LogP contribution in [-0.2, 0) is 20.8 Å². The summed E-state index contributed by atoms with van der Waals surface area (Å²) in [5.41, 5.74) is -0.866. The number of aryl methyl sites for hydroxylation is 1. The molecule has 42 heavy (non-hydrogen) atoms. The average Bonchev–Trinajstić information content (AvgIpc) is 3.63. The highest BCUT2D eigenvalue weighted by Gasteiger charge is 2.31. The van der Waals surface area contributed by atoms with Crippen LogP contribution >= 0.6 is 11.3 Å². The number of carbonyl (C=O) groups is 2. The van der Waals surface area contributed by atoms with E-state index in [0.717, 1.165) is 28.7 Å². The van der Waals surface area contributed by atoms with Crippen molar-refractivity contribution >= 4 is 33.4 Å². The molecule has 4 rings (SSSR count). The smallest absolute Gasteiger partial charge is 0.348 e. The summed E-state index contributed by atoms with van der Waals surface area (Å²) in [6, 6.07) is 4.74. The van der Waals surface area contributed by atoms with Gasteiger partial charge in [0.2, 0.25) is 5.91 Å². The fourth-order valence-electron chi connectivity index (χ4n) is 5.18. The summed E-state index contributed by atoms with van der Waals surface area (Å²) < 4.78 is 33.2. The van der Waals surface area contributed by atoms with Crippen LogP contribution in [0.3, 0.4) is 0 Å². The zero-order valence-electron chi connectivity index (χ0n) is 24.0. The lowest BCUT2D eigenvalue weighted by Crippen LogP contribution is -2.47. The maximum absolute atomic E-state index is 14.4. The van der Waals surface area contributed by atoms with Crippen LogP contribution in [0.2, 0.25) is 0 Å². The van der Waals surface area contributed by atoms with Crippen molar-refractivity contribution in [2.45, 2.75) is 58.7 Å². The highest BCUT2D eigenvalue weighted by Crippen LogP contribution is 2.33. The van der Waals surface area contributed by atoms with E-state index in [1.807, 2.05) is 6.07 Å². The van der Waals surface area contributed by atoms with Gasteiger partial charge in [0.05, 0.1) is 44.7 Å². The number of rotatable bonds is 11. The number of hydrogen-bond donors (Lipinski definition) is 0. The van der Waals surface area contributed by atoms with E-state index in [-0.39, 0.29) is 52.7 Å². The standard InChI is InChI=1S/C29H33FN4O7S/c1-5-40-28(37)24-17(2)23-26(36)34(18(3)25(35)32-12-6-7-13-32)29(38)33(27(23)42-24)16-22(41-14-8-11-31)20-15-19(30)9-10-21(20)39-4/h9-10,15,18,22H,5-8,12-14,16H2,1-4H3/t18-,22-/m0/s1. The van der Waals surface area contributed by atoms with Gasteiger partial charge < -0.3 is 19.1 Å². The molecule has 3 aromatic rings. The van der Waals surface area contributed by atoms with E-state index < -0.39 is 35.2 Å². The largest absolute Gasteiger partial charge is 0.496 e. The summed E-state index contributed by atoms with van der Waals surface area (Å²) >= 11 is 0.926. The zero-order valence-corrected chi connectivity index (χ0v) is 24.8. The van der Waals surface area contributed by atoms with Crippen molar-refractivity contribution in [3.63, 3.8) is 0 Å². The number of hydrogen-bond acceptors (Lipinski definition) is 9. The lowest BCUT2D eigenvalue weighted by atomic mass is 10.1. The Morgan fingerprint density at radius 2 is 1.93 bits per heavy atom. The predicted molar refractivity (Wildman–Crippen MR) is 153 cm³/mol. The minimum Gasteiger partial charge on any atom is -0.496 e. The summed E-state index contributed by atoms with van der Waals surface area (Å²) in [6.45, 7) is 5.68. The second-order valence-electron chi connectivity index (χ2n) is 9.89. The number of aromatic nitrogens is 2. The van der Waals surface area contributed by atoms with Gasteiger partial charge in [0, 0.05) is 18.7 Å². The van der Waals surface area contributed by atoms with E-state index in [9.17, 15) is 23.6 Å². The lowest BCUT2D eigenvalue weighted by Gasteiger charge is -2.24. The average molecular weight is 601 g/mol.